The number of carbonyl (C=O) groups is 2. The van der Waals surface area contributed by atoms with Crippen LogP contribution in [0.15, 0.2) is 17.5 Å². The van der Waals surface area contributed by atoms with Gasteiger partial charge in [0.25, 0.3) is 0 Å². The van der Waals surface area contributed by atoms with Crippen molar-refractivity contribution in [2.24, 2.45) is 0 Å². The van der Waals surface area contributed by atoms with Gasteiger partial charge in [-0.15, -0.1) is 11.3 Å². The standard InChI is InChI=1S/C17H25N3O2S/c1-13(21)20-10-4-6-14(20)17(22)18-12-15(16-7-5-11-23-16)19-8-2-3-9-19/h5,7,11,14-15H,2-4,6,8-10,12H2,1H3,(H,18,22). The Kier molecular flexibility index (Phi) is 5.33. The van der Waals surface area contributed by atoms with Gasteiger partial charge in [-0.3, -0.25) is 14.5 Å². The number of hydrogen-bond donors (Lipinski definition) is 1. The van der Waals surface area contributed by atoms with E-state index in [0.29, 0.717) is 13.1 Å². The summed E-state index contributed by atoms with van der Waals surface area (Å²) >= 11 is 1.75. The molecule has 6 heteroatoms. The van der Waals surface area contributed by atoms with Crippen LogP contribution in [-0.2, 0) is 9.59 Å². The molecule has 2 aliphatic heterocycles. The minimum absolute atomic E-state index is 0.00143. The van der Waals surface area contributed by atoms with Gasteiger partial charge in [-0.1, -0.05) is 6.07 Å². The van der Waals surface area contributed by atoms with E-state index in [-0.39, 0.29) is 23.9 Å². The van der Waals surface area contributed by atoms with Gasteiger partial charge in [0.15, 0.2) is 0 Å². The summed E-state index contributed by atoms with van der Waals surface area (Å²) in [6.07, 6.45) is 4.16. The number of amides is 2. The lowest BCUT2D eigenvalue weighted by atomic mass is 10.1. The maximum atomic E-state index is 12.5. The van der Waals surface area contributed by atoms with Crippen LogP contribution in [0.2, 0.25) is 0 Å². The van der Waals surface area contributed by atoms with E-state index in [9.17, 15) is 9.59 Å². The zero-order valence-electron chi connectivity index (χ0n) is 13.7. The summed E-state index contributed by atoms with van der Waals surface area (Å²) in [7, 11) is 0. The van der Waals surface area contributed by atoms with Gasteiger partial charge in [0.2, 0.25) is 11.8 Å². The van der Waals surface area contributed by atoms with Crippen LogP contribution in [-0.4, -0.2) is 53.8 Å². The molecule has 0 aromatic carbocycles. The third kappa shape index (κ3) is 3.75. The molecule has 1 aromatic rings. The molecule has 3 rings (SSSR count). The molecule has 0 bridgehead atoms. The van der Waals surface area contributed by atoms with Crippen molar-refractivity contribution in [2.45, 2.75) is 44.7 Å². The van der Waals surface area contributed by atoms with Gasteiger partial charge >= 0.3 is 0 Å². The molecule has 23 heavy (non-hydrogen) atoms. The predicted molar refractivity (Wildman–Crippen MR) is 91.3 cm³/mol. The average molecular weight is 335 g/mol. The Morgan fingerprint density at radius 3 is 2.74 bits per heavy atom. The molecule has 1 aromatic heterocycles. The number of nitrogens with zero attached hydrogens (tertiary/aromatic N) is 2. The third-order valence-corrected chi connectivity index (χ3v) is 5.86. The number of thiophene rings is 1. The van der Waals surface area contributed by atoms with Gasteiger partial charge in [-0.25, -0.2) is 0 Å². The second-order valence-corrected chi connectivity index (χ2v) is 7.37. The van der Waals surface area contributed by atoms with E-state index in [1.54, 1.807) is 23.2 Å². The van der Waals surface area contributed by atoms with Gasteiger partial charge < -0.3 is 10.2 Å². The first-order valence-corrected chi connectivity index (χ1v) is 9.37. The molecular weight excluding hydrogens is 310 g/mol. The molecule has 0 aliphatic carbocycles. The lowest BCUT2D eigenvalue weighted by molar-refractivity contribution is -0.136. The fourth-order valence-electron chi connectivity index (χ4n) is 3.68. The Balaban J connectivity index is 1.62. The summed E-state index contributed by atoms with van der Waals surface area (Å²) in [4.78, 5) is 29.6. The second kappa shape index (κ2) is 7.45. The lowest BCUT2D eigenvalue weighted by Crippen LogP contribution is -2.47. The fourth-order valence-corrected chi connectivity index (χ4v) is 4.54. The van der Waals surface area contributed by atoms with Gasteiger partial charge in [-0.05, 0) is 50.2 Å². The summed E-state index contributed by atoms with van der Waals surface area (Å²) in [5, 5.41) is 5.20. The fraction of sp³-hybridized carbons (Fsp3) is 0.647. The Morgan fingerprint density at radius 2 is 2.09 bits per heavy atom. The van der Waals surface area contributed by atoms with Gasteiger partial charge in [0.05, 0.1) is 6.04 Å². The smallest absolute Gasteiger partial charge is 0.242 e. The highest BCUT2D eigenvalue weighted by atomic mass is 32.1. The quantitative estimate of drug-likeness (QED) is 0.895. The zero-order valence-corrected chi connectivity index (χ0v) is 14.5. The van der Waals surface area contributed by atoms with Crippen LogP contribution in [0.1, 0.15) is 43.5 Å². The number of likely N-dealkylation sites (tertiary alicyclic amines) is 2. The van der Waals surface area contributed by atoms with Gasteiger partial charge in [0.1, 0.15) is 6.04 Å². The molecule has 2 aliphatic rings. The first-order valence-electron chi connectivity index (χ1n) is 8.49. The molecule has 2 atom stereocenters. The molecule has 3 heterocycles. The molecule has 1 N–H and O–H groups in total. The second-order valence-electron chi connectivity index (χ2n) is 6.39. The maximum Gasteiger partial charge on any atom is 0.242 e. The summed E-state index contributed by atoms with van der Waals surface area (Å²) in [6.45, 7) is 5.07. The monoisotopic (exact) mass is 335 g/mol. The number of carbonyl (C=O) groups excluding carboxylic acids is 2. The largest absolute Gasteiger partial charge is 0.352 e. The van der Waals surface area contributed by atoms with Crippen LogP contribution in [0.25, 0.3) is 0 Å². The van der Waals surface area contributed by atoms with Crippen LogP contribution in [0.5, 0.6) is 0 Å². The molecular formula is C17H25N3O2S. The first-order chi connectivity index (χ1) is 11.2. The number of hydrogen-bond acceptors (Lipinski definition) is 4. The highest BCUT2D eigenvalue weighted by Crippen LogP contribution is 2.28. The maximum absolute atomic E-state index is 12.5. The molecule has 0 radical (unpaired) electrons. The van der Waals surface area contributed by atoms with E-state index in [0.717, 1.165) is 25.9 Å². The van der Waals surface area contributed by atoms with Crippen molar-refractivity contribution in [2.75, 3.05) is 26.2 Å². The van der Waals surface area contributed by atoms with Crippen LogP contribution in [0.3, 0.4) is 0 Å². The zero-order chi connectivity index (χ0) is 16.2. The van der Waals surface area contributed by atoms with Crippen LogP contribution in [0, 0.1) is 0 Å². The predicted octanol–water partition coefficient (Wildman–Crippen LogP) is 2.01. The molecule has 2 fully saturated rings. The van der Waals surface area contributed by atoms with E-state index in [1.807, 2.05) is 0 Å². The van der Waals surface area contributed by atoms with E-state index < -0.39 is 0 Å². The lowest BCUT2D eigenvalue weighted by Gasteiger charge is -2.28. The molecule has 2 unspecified atom stereocenters. The summed E-state index contributed by atoms with van der Waals surface area (Å²) in [5.41, 5.74) is 0. The van der Waals surface area contributed by atoms with Gasteiger partial charge in [0, 0.05) is 24.9 Å². The Bertz CT molecular complexity index is 540. The van der Waals surface area contributed by atoms with Crippen LogP contribution in [0.4, 0.5) is 0 Å². The topological polar surface area (TPSA) is 52.7 Å². The van der Waals surface area contributed by atoms with E-state index >= 15 is 0 Å². The van der Waals surface area contributed by atoms with Crippen molar-refractivity contribution in [3.8, 4) is 0 Å². The molecule has 126 valence electrons. The number of nitrogens with one attached hydrogen (secondary N) is 1. The number of rotatable bonds is 5. The molecule has 5 nitrogen and oxygen atoms in total. The normalized spacial score (nSPS) is 23.2. The van der Waals surface area contributed by atoms with Crippen molar-refractivity contribution in [1.29, 1.82) is 0 Å². The van der Waals surface area contributed by atoms with Crippen molar-refractivity contribution in [1.82, 2.24) is 15.1 Å². The summed E-state index contributed by atoms with van der Waals surface area (Å²) < 4.78 is 0. The molecule has 0 saturated carbocycles. The average Bonchev–Trinajstić information content (AvgIpc) is 3.29. The van der Waals surface area contributed by atoms with Crippen LogP contribution < -0.4 is 5.32 Å². The summed E-state index contributed by atoms with van der Waals surface area (Å²) in [6, 6.07) is 4.19. The van der Waals surface area contributed by atoms with E-state index in [2.05, 4.69) is 27.7 Å². The Labute approximate surface area is 141 Å². The molecule has 2 amide bonds. The minimum atomic E-state index is -0.282. The van der Waals surface area contributed by atoms with E-state index in [4.69, 9.17) is 0 Å². The van der Waals surface area contributed by atoms with Crippen LogP contribution >= 0.6 is 11.3 Å². The van der Waals surface area contributed by atoms with Crippen molar-refractivity contribution in [3.05, 3.63) is 22.4 Å². The molecule has 2 saturated heterocycles. The highest BCUT2D eigenvalue weighted by molar-refractivity contribution is 7.10. The highest BCUT2D eigenvalue weighted by Gasteiger charge is 2.33. The SMILES string of the molecule is CC(=O)N1CCCC1C(=O)NCC(c1cccs1)N1CCCC1. The first kappa shape index (κ1) is 16.5. The van der Waals surface area contributed by atoms with Crippen molar-refractivity contribution < 1.29 is 9.59 Å². The Morgan fingerprint density at radius 1 is 1.30 bits per heavy atom. The van der Waals surface area contributed by atoms with E-state index in [1.165, 1.54) is 17.7 Å². The third-order valence-electron chi connectivity index (χ3n) is 4.88. The van der Waals surface area contributed by atoms with Gasteiger partial charge in [-0.2, -0.15) is 0 Å². The summed E-state index contributed by atoms with van der Waals surface area (Å²) in [5.74, 6) is -0.00421. The Hall–Kier alpha value is -1.40. The van der Waals surface area contributed by atoms with Crippen molar-refractivity contribution >= 4 is 23.2 Å². The molecule has 0 spiro atoms. The minimum Gasteiger partial charge on any atom is -0.352 e. The van der Waals surface area contributed by atoms with Crippen molar-refractivity contribution in [3.63, 3.8) is 0 Å².